The number of aromatic nitrogens is 2. The van der Waals surface area contributed by atoms with E-state index in [2.05, 4.69) is 15.1 Å². The highest BCUT2D eigenvalue weighted by atomic mass is 35.5. The number of rotatable bonds is 7. The molecule has 0 aliphatic carbocycles. The molecule has 0 bridgehead atoms. The SMILES string of the molecule is CCOc1ccccc1OC1CCN(Cc2nnc(-c3ccc(Cl)cc3)o2)CC1. The largest absolute Gasteiger partial charge is 0.490 e. The second-order valence-corrected chi connectivity index (χ2v) is 7.42. The number of benzene rings is 2. The third-order valence-corrected chi connectivity index (χ3v) is 5.15. The molecule has 4 rings (SSSR count). The van der Waals surface area contributed by atoms with Gasteiger partial charge in [0.05, 0.1) is 13.2 Å². The van der Waals surface area contributed by atoms with E-state index in [1.807, 2.05) is 55.5 Å². The molecule has 3 aromatic rings. The summed E-state index contributed by atoms with van der Waals surface area (Å²) in [5.74, 6) is 2.76. The predicted molar refractivity (Wildman–Crippen MR) is 111 cm³/mol. The number of para-hydroxylation sites is 2. The lowest BCUT2D eigenvalue weighted by molar-refractivity contribution is 0.0891. The number of likely N-dealkylation sites (tertiary alicyclic amines) is 1. The third-order valence-electron chi connectivity index (χ3n) is 4.89. The van der Waals surface area contributed by atoms with Crippen LogP contribution in [0.1, 0.15) is 25.7 Å². The fourth-order valence-electron chi connectivity index (χ4n) is 3.40. The zero-order valence-electron chi connectivity index (χ0n) is 16.4. The number of hydrogen-bond donors (Lipinski definition) is 0. The molecule has 2 heterocycles. The van der Waals surface area contributed by atoms with Crippen LogP contribution in [-0.2, 0) is 6.54 Å². The van der Waals surface area contributed by atoms with Gasteiger partial charge in [0.2, 0.25) is 11.8 Å². The first kappa shape index (κ1) is 19.7. The van der Waals surface area contributed by atoms with Crippen molar-refractivity contribution in [2.45, 2.75) is 32.4 Å². The minimum Gasteiger partial charge on any atom is -0.490 e. The van der Waals surface area contributed by atoms with Gasteiger partial charge in [0.25, 0.3) is 0 Å². The number of piperidine rings is 1. The van der Waals surface area contributed by atoms with Crippen LogP contribution in [0.2, 0.25) is 5.02 Å². The minimum atomic E-state index is 0.181. The Morgan fingerprint density at radius 2 is 1.76 bits per heavy atom. The van der Waals surface area contributed by atoms with Gasteiger partial charge in [-0.15, -0.1) is 10.2 Å². The monoisotopic (exact) mass is 413 g/mol. The summed E-state index contributed by atoms with van der Waals surface area (Å²) in [7, 11) is 0. The lowest BCUT2D eigenvalue weighted by Crippen LogP contribution is -2.37. The van der Waals surface area contributed by atoms with E-state index in [-0.39, 0.29) is 6.10 Å². The molecule has 1 aromatic heterocycles. The normalized spacial score (nSPS) is 15.4. The molecular weight excluding hydrogens is 390 g/mol. The van der Waals surface area contributed by atoms with Gasteiger partial charge in [-0.25, -0.2) is 0 Å². The Bertz CT molecular complexity index is 921. The van der Waals surface area contributed by atoms with E-state index in [0.717, 1.165) is 43.0 Å². The van der Waals surface area contributed by atoms with E-state index in [1.165, 1.54) is 0 Å². The third kappa shape index (κ3) is 5.08. The maximum absolute atomic E-state index is 6.20. The van der Waals surface area contributed by atoms with Gasteiger partial charge in [0, 0.05) is 23.7 Å². The Hall–Kier alpha value is -2.57. The predicted octanol–water partition coefficient (Wildman–Crippen LogP) is 4.83. The summed E-state index contributed by atoms with van der Waals surface area (Å²) in [6.45, 7) is 5.08. The van der Waals surface area contributed by atoms with Gasteiger partial charge in [-0.3, -0.25) is 4.90 Å². The van der Waals surface area contributed by atoms with Gasteiger partial charge in [-0.1, -0.05) is 23.7 Å². The van der Waals surface area contributed by atoms with E-state index in [9.17, 15) is 0 Å². The minimum absolute atomic E-state index is 0.181. The maximum atomic E-state index is 6.20. The summed E-state index contributed by atoms with van der Waals surface area (Å²) < 4.78 is 17.7. The quantitative estimate of drug-likeness (QED) is 0.552. The lowest BCUT2D eigenvalue weighted by Gasteiger charge is -2.31. The van der Waals surface area contributed by atoms with Crippen molar-refractivity contribution in [1.29, 1.82) is 0 Å². The molecule has 6 nitrogen and oxygen atoms in total. The molecule has 0 atom stereocenters. The van der Waals surface area contributed by atoms with Crippen LogP contribution in [0.25, 0.3) is 11.5 Å². The van der Waals surface area contributed by atoms with Crippen LogP contribution in [0.5, 0.6) is 11.5 Å². The lowest BCUT2D eigenvalue weighted by atomic mass is 10.1. The van der Waals surface area contributed by atoms with Crippen LogP contribution < -0.4 is 9.47 Å². The maximum Gasteiger partial charge on any atom is 0.247 e. The van der Waals surface area contributed by atoms with E-state index >= 15 is 0 Å². The van der Waals surface area contributed by atoms with E-state index in [1.54, 1.807) is 0 Å². The molecular formula is C22H24ClN3O3. The van der Waals surface area contributed by atoms with Gasteiger partial charge in [-0.05, 0) is 56.2 Å². The number of hydrogen-bond acceptors (Lipinski definition) is 6. The Morgan fingerprint density at radius 3 is 2.48 bits per heavy atom. The molecule has 1 saturated heterocycles. The molecule has 0 radical (unpaired) electrons. The molecule has 0 spiro atoms. The first-order chi connectivity index (χ1) is 14.2. The number of ether oxygens (including phenoxy) is 2. The first-order valence-corrected chi connectivity index (χ1v) is 10.3. The second-order valence-electron chi connectivity index (χ2n) is 6.98. The van der Waals surface area contributed by atoms with Gasteiger partial charge >= 0.3 is 0 Å². The summed E-state index contributed by atoms with van der Waals surface area (Å²) in [6.07, 6.45) is 2.07. The molecule has 0 saturated carbocycles. The average Bonchev–Trinajstić information content (AvgIpc) is 3.20. The molecule has 7 heteroatoms. The topological polar surface area (TPSA) is 60.6 Å². The molecule has 29 heavy (non-hydrogen) atoms. The van der Waals surface area contributed by atoms with Gasteiger partial charge in [-0.2, -0.15) is 0 Å². The summed E-state index contributed by atoms with van der Waals surface area (Å²) >= 11 is 5.93. The van der Waals surface area contributed by atoms with Crippen molar-refractivity contribution in [3.8, 4) is 23.0 Å². The van der Waals surface area contributed by atoms with Crippen molar-refractivity contribution in [1.82, 2.24) is 15.1 Å². The van der Waals surface area contributed by atoms with Crippen molar-refractivity contribution in [2.24, 2.45) is 0 Å². The van der Waals surface area contributed by atoms with Crippen LogP contribution in [0.15, 0.2) is 52.9 Å². The molecule has 1 aliphatic heterocycles. The zero-order chi connectivity index (χ0) is 20.1. The highest BCUT2D eigenvalue weighted by Gasteiger charge is 2.23. The van der Waals surface area contributed by atoms with Crippen LogP contribution in [0.4, 0.5) is 0 Å². The Kier molecular flexibility index (Phi) is 6.32. The van der Waals surface area contributed by atoms with Crippen LogP contribution in [0.3, 0.4) is 0 Å². The first-order valence-electron chi connectivity index (χ1n) is 9.90. The van der Waals surface area contributed by atoms with Crippen molar-refractivity contribution in [2.75, 3.05) is 19.7 Å². The van der Waals surface area contributed by atoms with Gasteiger partial charge < -0.3 is 13.9 Å². The fraction of sp³-hybridized carbons (Fsp3) is 0.364. The van der Waals surface area contributed by atoms with Crippen molar-refractivity contribution in [3.63, 3.8) is 0 Å². The summed E-state index contributed by atoms with van der Waals surface area (Å²) in [4.78, 5) is 2.31. The van der Waals surface area contributed by atoms with Crippen LogP contribution >= 0.6 is 11.6 Å². The second kappa shape index (κ2) is 9.29. The Balaban J connectivity index is 1.30. The fourth-order valence-corrected chi connectivity index (χ4v) is 3.53. The van der Waals surface area contributed by atoms with E-state index < -0.39 is 0 Å². The molecule has 2 aromatic carbocycles. The number of nitrogens with zero attached hydrogens (tertiary/aromatic N) is 3. The average molecular weight is 414 g/mol. The summed E-state index contributed by atoms with van der Waals surface area (Å²) in [5, 5.41) is 9.03. The molecule has 0 unspecified atom stereocenters. The van der Waals surface area contributed by atoms with Gasteiger partial charge in [0.15, 0.2) is 11.5 Å². The Labute approximate surface area is 175 Å². The summed E-state index contributed by atoms with van der Waals surface area (Å²) in [5.41, 5.74) is 0.869. The molecule has 1 aliphatic rings. The van der Waals surface area contributed by atoms with E-state index in [4.69, 9.17) is 25.5 Å². The Morgan fingerprint density at radius 1 is 1.03 bits per heavy atom. The molecule has 0 N–H and O–H groups in total. The standard InChI is InChI=1S/C22H24ClN3O3/c1-2-27-19-5-3-4-6-20(19)28-18-11-13-26(14-12-18)15-21-24-25-22(29-21)16-7-9-17(23)10-8-16/h3-10,18H,2,11-15H2,1H3. The molecule has 152 valence electrons. The van der Waals surface area contributed by atoms with Gasteiger partial charge in [0.1, 0.15) is 6.10 Å². The van der Waals surface area contributed by atoms with Crippen LogP contribution in [-0.4, -0.2) is 40.9 Å². The van der Waals surface area contributed by atoms with Crippen molar-refractivity contribution in [3.05, 3.63) is 59.4 Å². The van der Waals surface area contributed by atoms with Crippen molar-refractivity contribution < 1.29 is 13.9 Å². The smallest absolute Gasteiger partial charge is 0.247 e. The zero-order valence-corrected chi connectivity index (χ0v) is 17.1. The van der Waals surface area contributed by atoms with Crippen molar-refractivity contribution >= 4 is 11.6 Å². The highest BCUT2D eigenvalue weighted by molar-refractivity contribution is 6.30. The van der Waals surface area contributed by atoms with Crippen LogP contribution in [0, 0.1) is 0 Å². The summed E-state index contributed by atoms with van der Waals surface area (Å²) in [6, 6.07) is 15.2. The highest BCUT2D eigenvalue weighted by Crippen LogP contribution is 2.29. The molecule has 0 amide bonds. The number of halogens is 1. The molecule has 1 fully saturated rings. The van der Waals surface area contributed by atoms with E-state index in [0.29, 0.717) is 30.0 Å².